The smallest absolute Gasteiger partial charge is 0.405 e. The number of amides is 1. The van der Waals surface area contributed by atoms with E-state index in [1.54, 1.807) is 18.5 Å². The average Bonchev–Trinajstić information content (AvgIpc) is 2.57. The quantitative estimate of drug-likeness (QED) is 0.654. The number of carboxylic acid groups (broad SMARTS) is 1. The maximum Gasteiger partial charge on any atom is 0.405 e. The highest BCUT2D eigenvalue weighted by Gasteiger charge is 2.02. The van der Waals surface area contributed by atoms with E-state index < -0.39 is 6.09 Å². The Balaban J connectivity index is 2.22. The summed E-state index contributed by atoms with van der Waals surface area (Å²) < 4.78 is 0. The summed E-state index contributed by atoms with van der Waals surface area (Å²) in [5.74, 6) is 0.579. The molecule has 2 aromatic rings. The van der Waals surface area contributed by atoms with Crippen LogP contribution in [0.15, 0.2) is 18.5 Å². The summed E-state index contributed by atoms with van der Waals surface area (Å²) in [6.07, 6.45) is 2.20. The first-order valence-corrected chi connectivity index (χ1v) is 4.01. The van der Waals surface area contributed by atoms with E-state index in [-0.39, 0.29) is 6.54 Å². The van der Waals surface area contributed by atoms with Crippen molar-refractivity contribution in [3.63, 3.8) is 0 Å². The standard InChI is InChI=1S/C8H8N4O2/c13-8(14)10-4-7-11-5-1-2-9-3-6(5)12-7/h1-3,10H,4H2,(H,11,12)(H,13,14). The first kappa shape index (κ1) is 8.49. The Labute approximate surface area is 79.0 Å². The van der Waals surface area contributed by atoms with E-state index in [0.29, 0.717) is 5.82 Å². The van der Waals surface area contributed by atoms with Crippen LogP contribution in [0.2, 0.25) is 0 Å². The lowest BCUT2D eigenvalue weighted by atomic mass is 10.4. The van der Waals surface area contributed by atoms with E-state index >= 15 is 0 Å². The fourth-order valence-electron chi connectivity index (χ4n) is 1.15. The molecular weight excluding hydrogens is 184 g/mol. The third kappa shape index (κ3) is 1.63. The van der Waals surface area contributed by atoms with Crippen molar-refractivity contribution in [1.29, 1.82) is 0 Å². The van der Waals surface area contributed by atoms with Crippen LogP contribution in [0.25, 0.3) is 11.0 Å². The van der Waals surface area contributed by atoms with Gasteiger partial charge < -0.3 is 15.4 Å². The Bertz CT molecular complexity index is 432. The number of nitrogens with one attached hydrogen (secondary N) is 2. The molecule has 14 heavy (non-hydrogen) atoms. The van der Waals surface area contributed by atoms with Crippen LogP contribution in [0.5, 0.6) is 0 Å². The number of hydrogen-bond acceptors (Lipinski definition) is 3. The van der Waals surface area contributed by atoms with Gasteiger partial charge in [0.25, 0.3) is 0 Å². The number of aromatic nitrogens is 3. The van der Waals surface area contributed by atoms with Crippen molar-refractivity contribution < 1.29 is 9.90 Å². The molecule has 0 fully saturated rings. The van der Waals surface area contributed by atoms with E-state index in [1.807, 2.05) is 0 Å². The van der Waals surface area contributed by atoms with Crippen LogP contribution in [0.1, 0.15) is 5.82 Å². The van der Waals surface area contributed by atoms with E-state index in [2.05, 4.69) is 20.3 Å². The number of imidazole rings is 1. The summed E-state index contributed by atoms with van der Waals surface area (Å²) in [5, 5.41) is 10.6. The molecule has 6 nitrogen and oxygen atoms in total. The van der Waals surface area contributed by atoms with Crippen molar-refractivity contribution >= 4 is 17.1 Å². The molecule has 2 heterocycles. The van der Waals surface area contributed by atoms with E-state index in [1.165, 1.54) is 0 Å². The largest absolute Gasteiger partial charge is 0.465 e. The van der Waals surface area contributed by atoms with Gasteiger partial charge >= 0.3 is 6.09 Å². The lowest BCUT2D eigenvalue weighted by molar-refractivity contribution is 0.193. The van der Waals surface area contributed by atoms with Crippen molar-refractivity contribution in [2.75, 3.05) is 0 Å². The molecule has 0 saturated carbocycles. The van der Waals surface area contributed by atoms with Crippen LogP contribution in [0.4, 0.5) is 4.79 Å². The molecule has 3 N–H and O–H groups in total. The van der Waals surface area contributed by atoms with Gasteiger partial charge in [-0.15, -0.1) is 0 Å². The predicted octanol–water partition coefficient (Wildman–Crippen LogP) is 0.725. The monoisotopic (exact) mass is 192 g/mol. The number of carbonyl (C=O) groups is 1. The van der Waals surface area contributed by atoms with Gasteiger partial charge in [0.2, 0.25) is 0 Å². The van der Waals surface area contributed by atoms with Crippen LogP contribution in [0, 0.1) is 0 Å². The third-order valence-corrected chi connectivity index (χ3v) is 1.74. The second kappa shape index (κ2) is 3.33. The van der Waals surface area contributed by atoms with Crippen LogP contribution >= 0.6 is 0 Å². The zero-order chi connectivity index (χ0) is 9.97. The Kier molecular flexibility index (Phi) is 2.02. The normalized spacial score (nSPS) is 10.3. The highest BCUT2D eigenvalue weighted by molar-refractivity contribution is 5.73. The fourth-order valence-corrected chi connectivity index (χ4v) is 1.15. The molecule has 0 atom stereocenters. The highest BCUT2D eigenvalue weighted by Crippen LogP contribution is 2.07. The van der Waals surface area contributed by atoms with E-state index in [0.717, 1.165) is 11.0 Å². The summed E-state index contributed by atoms with van der Waals surface area (Å²) in [7, 11) is 0. The molecule has 72 valence electrons. The van der Waals surface area contributed by atoms with Crippen LogP contribution in [-0.4, -0.2) is 26.2 Å². The molecule has 0 aliphatic heterocycles. The van der Waals surface area contributed by atoms with Gasteiger partial charge in [-0.25, -0.2) is 9.78 Å². The molecule has 0 spiro atoms. The molecule has 0 aliphatic rings. The van der Waals surface area contributed by atoms with Gasteiger partial charge in [0.1, 0.15) is 11.3 Å². The van der Waals surface area contributed by atoms with Crippen LogP contribution in [-0.2, 0) is 6.54 Å². The van der Waals surface area contributed by atoms with Crippen molar-refractivity contribution in [2.24, 2.45) is 0 Å². The van der Waals surface area contributed by atoms with Gasteiger partial charge in [0, 0.05) is 6.20 Å². The zero-order valence-electron chi connectivity index (χ0n) is 7.19. The molecule has 2 aromatic heterocycles. The maximum absolute atomic E-state index is 10.2. The number of rotatable bonds is 2. The number of aromatic amines is 1. The van der Waals surface area contributed by atoms with E-state index in [4.69, 9.17) is 5.11 Å². The van der Waals surface area contributed by atoms with E-state index in [9.17, 15) is 4.79 Å². The summed E-state index contributed by atoms with van der Waals surface area (Å²) in [4.78, 5) is 21.2. The number of pyridine rings is 1. The summed E-state index contributed by atoms with van der Waals surface area (Å²) >= 11 is 0. The number of hydrogen-bond donors (Lipinski definition) is 3. The predicted molar refractivity (Wildman–Crippen MR) is 48.8 cm³/mol. The van der Waals surface area contributed by atoms with Crippen molar-refractivity contribution in [3.05, 3.63) is 24.3 Å². The second-order valence-electron chi connectivity index (χ2n) is 2.74. The SMILES string of the molecule is O=C(O)NCc1nc2cnccc2[nH]1. The van der Waals surface area contributed by atoms with Crippen molar-refractivity contribution in [1.82, 2.24) is 20.3 Å². The first-order chi connectivity index (χ1) is 6.75. The fraction of sp³-hybridized carbons (Fsp3) is 0.125. The summed E-state index contributed by atoms with van der Waals surface area (Å²) in [6, 6.07) is 1.78. The van der Waals surface area contributed by atoms with Gasteiger partial charge in [-0.3, -0.25) is 4.98 Å². The highest BCUT2D eigenvalue weighted by atomic mass is 16.4. The molecule has 2 rings (SSSR count). The Hall–Kier alpha value is -2.11. The molecule has 0 aliphatic carbocycles. The van der Waals surface area contributed by atoms with Gasteiger partial charge in [-0.2, -0.15) is 0 Å². The Morgan fingerprint density at radius 3 is 3.21 bits per heavy atom. The third-order valence-electron chi connectivity index (χ3n) is 1.74. The molecular formula is C8H8N4O2. The van der Waals surface area contributed by atoms with Gasteiger partial charge in [-0.1, -0.05) is 0 Å². The van der Waals surface area contributed by atoms with Gasteiger partial charge in [-0.05, 0) is 6.07 Å². The minimum atomic E-state index is -1.07. The Morgan fingerprint density at radius 2 is 2.50 bits per heavy atom. The van der Waals surface area contributed by atoms with Crippen LogP contribution in [0.3, 0.4) is 0 Å². The first-order valence-electron chi connectivity index (χ1n) is 4.01. The zero-order valence-corrected chi connectivity index (χ0v) is 7.19. The average molecular weight is 192 g/mol. The summed E-state index contributed by atoms with van der Waals surface area (Å²) in [6.45, 7) is 0.171. The lowest BCUT2D eigenvalue weighted by Crippen LogP contribution is -2.20. The van der Waals surface area contributed by atoms with Crippen molar-refractivity contribution in [3.8, 4) is 0 Å². The minimum absolute atomic E-state index is 0.171. The number of fused-ring (bicyclic) bond motifs is 1. The van der Waals surface area contributed by atoms with Crippen molar-refractivity contribution in [2.45, 2.75) is 6.54 Å². The molecule has 0 aromatic carbocycles. The molecule has 1 amide bonds. The number of nitrogens with zero attached hydrogens (tertiary/aromatic N) is 2. The summed E-state index contributed by atoms with van der Waals surface area (Å²) in [5.41, 5.74) is 1.58. The molecule has 0 unspecified atom stereocenters. The van der Waals surface area contributed by atoms with Gasteiger partial charge in [0.15, 0.2) is 0 Å². The van der Waals surface area contributed by atoms with Crippen LogP contribution < -0.4 is 5.32 Å². The topological polar surface area (TPSA) is 90.9 Å². The Morgan fingerprint density at radius 1 is 1.64 bits per heavy atom. The minimum Gasteiger partial charge on any atom is -0.465 e. The molecule has 0 bridgehead atoms. The lowest BCUT2D eigenvalue weighted by Gasteiger charge is -1.94. The molecule has 0 radical (unpaired) electrons. The number of H-pyrrole nitrogens is 1. The van der Waals surface area contributed by atoms with Gasteiger partial charge in [0.05, 0.1) is 18.3 Å². The molecule has 6 heteroatoms. The maximum atomic E-state index is 10.2. The second-order valence-corrected chi connectivity index (χ2v) is 2.74. The molecule has 0 saturated heterocycles.